The summed E-state index contributed by atoms with van der Waals surface area (Å²) in [6.45, 7) is 0.769. The maximum absolute atomic E-state index is 13.1. The monoisotopic (exact) mass is 518 g/mol. The highest BCUT2D eigenvalue weighted by Gasteiger charge is 2.17. The van der Waals surface area contributed by atoms with E-state index in [9.17, 15) is 9.59 Å². The smallest absolute Gasteiger partial charge is 0.326 e. The van der Waals surface area contributed by atoms with E-state index < -0.39 is 0 Å². The predicted molar refractivity (Wildman–Crippen MR) is 149 cm³/mol. The van der Waals surface area contributed by atoms with Gasteiger partial charge in [0.25, 0.3) is 5.91 Å². The minimum absolute atomic E-state index is 0.249. The van der Waals surface area contributed by atoms with E-state index in [0.717, 1.165) is 5.69 Å². The van der Waals surface area contributed by atoms with Crippen molar-refractivity contribution in [3.63, 3.8) is 0 Å². The molecule has 3 amide bonds. The molecule has 0 heterocycles. The Morgan fingerprint density at radius 2 is 1.22 bits per heavy atom. The summed E-state index contributed by atoms with van der Waals surface area (Å²) < 4.78 is 0. The molecule has 36 heavy (non-hydrogen) atoms. The second-order valence-electron chi connectivity index (χ2n) is 7.86. The molecule has 0 saturated carbocycles. The summed E-state index contributed by atoms with van der Waals surface area (Å²) in [5.41, 5.74) is 3.19. The largest absolute Gasteiger partial charge is 0.383 e. The van der Waals surface area contributed by atoms with Crippen LogP contribution in [0.5, 0.6) is 0 Å². The molecular formula is C28H24Cl2N4O2. The van der Waals surface area contributed by atoms with E-state index in [-0.39, 0.29) is 11.9 Å². The molecular weight excluding hydrogens is 495 g/mol. The fraction of sp³-hybridized carbons (Fsp3) is 0.0714. The number of hydrogen-bond acceptors (Lipinski definition) is 3. The second kappa shape index (κ2) is 12.1. The Morgan fingerprint density at radius 1 is 0.667 bits per heavy atom. The van der Waals surface area contributed by atoms with Crippen LogP contribution in [0, 0.1) is 0 Å². The standard InChI is InChI=1S/C28H24Cl2N4O2/c29-20-10-14-22(15-11-20)32-27(35)25-8-4-5-9-26(25)31-18-19-34(24-6-2-1-3-7-24)28(36)33-23-16-12-21(30)13-17-23/h1-17,31H,18-19H2,(H,32,35)(H,33,36). The Morgan fingerprint density at radius 3 is 1.86 bits per heavy atom. The topological polar surface area (TPSA) is 73.5 Å². The normalized spacial score (nSPS) is 10.4. The lowest BCUT2D eigenvalue weighted by atomic mass is 10.1. The number of amides is 3. The quantitative estimate of drug-likeness (QED) is 0.227. The molecule has 0 saturated heterocycles. The molecule has 0 spiro atoms. The van der Waals surface area contributed by atoms with Crippen molar-refractivity contribution in [1.29, 1.82) is 0 Å². The zero-order valence-corrected chi connectivity index (χ0v) is 20.8. The van der Waals surface area contributed by atoms with Crippen LogP contribution in [-0.4, -0.2) is 25.0 Å². The van der Waals surface area contributed by atoms with Crippen LogP contribution >= 0.6 is 23.2 Å². The van der Waals surface area contributed by atoms with Gasteiger partial charge in [0.05, 0.1) is 5.56 Å². The van der Waals surface area contributed by atoms with Crippen molar-refractivity contribution in [1.82, 2.24) is 0 Å². The highest BCUT2D eigenvalue weighted by atomic mass is 35.5. The van der Waals surface area contributed by atoms with E-state index in [2.05, 4.69) is 16.0 Å². The van der Waals surface area contributed by atoms with Crippen molar-refractivity contribution >= 4 is 57.9 Å². The van der Waals surface area contributed by atoms with E-state index in [1.807, 2.05) is 42.5 Å². The SMILES string of the molecule is O=C(Nc1ccc(Cl)cc1)c1ccccc1NCCN(C(=O)Nc1ccc(Cl)cc1)c1ccccc1. The molecule has 8 heteroatoms. The van der Waals surface area contributed by atoms with E-state index in [4.69, 9.17) is 23.2 Å². The lowest BCUT2D eigenvalue weighted by Gasteiger charge is -2.24. The molecule has 4 aromatic rings. The molecule has 0 unspecified atom stereocenters. The van der Waals surface area contributed by atoms with Gasteiger partial charge in [-0.1, -0.05) is 53.5 Å². The first-order valence-electron chi connectivity index (χ1n) is 11.3. The Bertz CT molecular complexity index is 1310. The van der Waals surface area contributed by atoms with E-state index >= 15 is 0 Å². The molecule has 0 atom stereocenters. The lowest BCUT2D eigenvalue weighted by Crippen LogP contribution is -2.38. The van der Waals surface area contributed by atoms with Gasteiger partial charge in [0.2, 0.25) is 0 Å². The predicted octanol–water partition coefficient (Wildman–Crippen LogP) is 7.40. The number of nitrogens with one attached hydrogen (secondary N) is 3. The van der Waals surface area contributed by atoms with E-state index in [0.29, 0.717) is 45.8 Å². The van der Waals surface area contributed by atoms with Crippen LogP contribution in [0.3, 0.4) is 0 Å². The number of carbonyl (C=O) groups excluding carboxylic acids is 2. The van der Waals surface area contributed by atoms with Gasteiger partial charge in [-0.3, -0.25) is 9.69 Å². The zero-order chi connectivity index (χ0) is 25.3. The van der Waals surface area contributed by atoms with E-state index in [1.165, 1.54) is 0 Å². The number of urea groups is 1. The van der Waals surface area contributed by atoms with Gasteiger partial charge in [0, 0.05) is 45.9 Å². The van der Waals surface area contributed by atoms with Crippen molar-refractivity contribution < 1.29 is 9.59 Å². The highest BCUT2D eigenvalue weighted by molar-refractivity contribution is 6.31. The van der Waals surface area contributed by atoms with Crippen molar-refractivity contribution in [2.45, 2.75) is 0 Å². The first kappa shape index (κ1) is 25.1. The summed E-state index contributed by atoms with van der Waals surface area (Å²) >= 11 is 11.9. The molecule has 0 aliphatic carbocycles. The summed E-state index contributed by atoms with van der Waals surface area (Å²) in [7, 11) is 0. The third-order valence-corrected chi connectivity index (χ3v) is 5.84. The average molecular weight is 519 g/mol. The molecule has 182 valence electrons. The van der Waals surface area contributed by atoms with Gasteiger partial charge < -0.3 is 16.0 Å². The fourth-order valence-electron chi connectivity index (χ4n) is 3.55. The van der Waals surface area contributed by atoms with Crippen molar-refractivity contribution in [3.8, 4) is 0 Å². The van der Waals surface area contributed by atoms with Gasteiger partial charge >= 0.3 is 6.03 Å². The van der Waals surface area contributed by atoms with Crippen LogP contribution < -0.4 is 20.9 Å². The molecule has 0 bridgehead atoms. The molecule has 6 nitrogen and oxygen atoms in total. The van der Waals surface area contributed by atoms with Crippen LogP contribution in [0.25, 0.3) is 0 Å². The first-order chi connectivity index (χ1) is 17.5. The number of hydrogen-bond donors (Lipinski definition) is 3. The number of halogens is 2. The maximum Gasteiger partial charge on any atom is 0.326 e. The van der Waals surface area contributed by atoms with Gasteiger partial charge in [-0.25, -0.2) is 4.79 Å². The first-order valence-corrected chi connectivity index (χ1v) is 12.0. The van der Waals surface area contributed by atoms with Crippen LogP contribution in [0.15, 0.2) is 103 Å². The molecule has 4 aromatic carbocycles. The lowest BCUT2D eigenvalue weighted by molar-refractivity contribution is 0.102. The minimum Gasteiger partial charge on any atom is -0.383 e. The maximum atomic E-state index is 13.1. The van der Waals surface area contributed by atoms with Crippen molar-refractivity contribution in [2.24, 2.45) is 0 Å². The Hall–Kier alpha value is -4.00. The third kappa shape index (κ3) is 6.78. The average Bonchev–Trinajstić information content (AvgIpc) is 2.90. The summed E-state index contributed by atoms with van der Waals surface area (Å²) in [5, 5.41) is 10.3. The molecule has 0 fully saturated rings. The summed E-state index contributed by atoms with van der Waals surface area (Å²) in [5.74, 6) is -0.249. The summed E-state index contributed by atoms with van der Waals surface area (Å²) in [6, 6.07) is 30.2. The van der Waals surface area contributed by atoms with Gasteiger partial charge in [-0.2, -0.15) is 0 Å². The van der Waals surface area contributed by atoms with Crippen LogP contribution in [0.4, 0.5) is 27.5 Å². The number of nitrogens with zero attached hydrogens (tertiary/aromatic N) is 1. The Kier molecular flexibility index (Phi) is 8.44. The van der Waals surface area contributed by atoms with Gasteiger partial charge in [-0.15, -0.1) is 0 Å². The second-order valence-corrected chi connectivity index (χ2v) is 8.73. The van der Waals surface area contributed by atoms with Gasteiger partial charge in [0.15, 0.2) is 0 Å². The van der Waals surface area contributed by atoms with Gasteiger partial charge in [-0.05, 0) is 72.8 Å². The van der Waals surface area contributed by atoms with Crippen LogP contribution in [0.1, 0.15) is 10.4 Å². The number of anilines is 4. The summed E-state index contributed by atoms with van der Waals surface area (Å²) in [6.07, 6.45) is 0. The molecule has 0 aromatic heterocycles. The third-order valence-electron chi connectivity index (χ3n) is 5.33. The number of benzene rings is 4. The molecule has 0 aliphatic rings. The zero-order valence-electron chi connectivity index (χ0n) is 19.2. The Balaban J connectivity index is 1.44. The highest BCUT2D eigenvalue weighted by Crippen LogP contribution is 2.20. The van der Waals surface area contributed by atoms with Crippen LogP contribution in [0.2, 0.25) is 10.0 Å². The minimum atomic E-state index is -0.279. The van der Waals surface area contributed by atoms with Crippen molar-refractivity contribution in [3.05, 3.63) is 119 Å². The number of carbonyl (C=O) groups is 2. The number of rotatable bonds is 8. The molecule has 0 aliphatic heterocycles. The van der Waals surface area contributed by atoms with Crippen LogP contribution in [-0.2, 0) is 0 Å². The molecule has 4 rings (SSSR count). The molecule has 0 radical (unpaired) electrons. The van der Waals surface area contributed by atoms with Crippen molar-refractivity contribution in [2.75, 3.05) is 33.9 Å². The summed E-state index contributed by atoms with van der Waals surface area (Å²) in [4.78, 5) is 27.7. The van der Waals surface area contributed by atoms with Gasteiger partial charge in [0.1, 0.15) is 0 Å². The number of para-hydroxylation sites is 2. The van der Waals surface area contributed by atoms with E-state index in [1.54, 1.807) is 65.6 Å². The Labute approximate surface area is 219 Å². The fourth-order valence-corrected chi connectivity index (χ4v) is 3.80. The molecule has 3 N–H and O–H groups in total.